The van der Waals surface area contributed by atoms with Crippen LogP contribution in [-0.2, 0) is 17.6 Å². The van der Waals surface area contributed by atoms with Gasteiger partial charge >= 0.3 is 0 Å². The number of nitrogens with one attached hydrogen (secondary N) is 1. The van der Waals surface area contributed by atoms with Gasteiger partial charge in [0.15, 0.2) is 11.7 Å². The van der Waals surface area contributed by atoms with Crippen LogP contribution in [-0.4, -0.2) is 27.2 Å². The lowest BCUT2D eigenvalue weighted by Gasteiger charge is -2.03. The van der Waals surface area contributed by atoms with Crippen LogP contribution in [0.4, 0.5) is 4.39 Å². The van der Waals surface area contributed by atoms with Crippen LogP contribution >= 0.6 is 0 Å². The maximum absolute atomic E-state index is 13.8. The minimum atomic E-state index is -0.368. The third-order valence-electron chi connectivity index (χ3n) is 4.63. The van der Waals surface area contributed by atoms with Crippen LogP contribution in [0.2, 0.25) is 0 Å². The summed E-state index contributed by atoms with van der Waals surface area (Å²) in [4.78, 5) is 16.2. The van der Waals surface area contributed by atoms with E-state index in [9.17, 15) is 9.18 Å². The Morgan fingerprint density at radius 3 is 2.67 bits per heavy atom. The molecule has 0 radical (unpaired) electrons. The molecule has 0 atom stereocenters. The molecule has 2 aromatic heterocycles. The van der Waals surface area contributed by atoms with Crippen molar-refractivity contribution in [3.8, 4) is 17.0 Å². The molecule has 0 saturated heterocycles. The number of para-hydroxylation sites is 1. The summed E-state index contributed by atoms with van der Waals surface area (Å²) in [5.41, 5.74) is 2.26. The Bertz CT molecular complexity index is 1120. The lowest BCUT2D eigenvalue weighted by Crippen LogP contribution is -2.26. The Balaban J connectivity index is 1.22. The van der Waals surface area contributed by atoms with E-state index < -0.39 is 0 Å². The van der Waals surface area contributed by atoms with Crippen LogP contribution in [0, 0.1) is 5.82 Å². The number of aryl methyl sites for hydroxylation is 1. The fourth-order valence-corrected chi connectivity index (χ4v) is 3.07. The van der Waals surface area contributed by atoms with Crippen molar-refractivity contribution >= 4 is 5.91 Å². The van der Waals surface area contributed by atoms with Gasteiger partial charge in [-0.2, -0.15) is 5.10 Å². The summed E-state index contributed by atoms with van der Waals surface area (Å²) in [7, 11) is 0. The predicted octanol–water partition coefficient (Wildman–Crippen LogP) is 3.96. The van der Waals surface area contributed by atoms with Gasteiger partial charge in [-0.1, -0.05) is 30.3 Å². The topological polar surface area (TPSA) is 73.0 Å². The van der Waals surface area contributed by atoms with Gasteiger partial charge in [0.05, 0.1) is 23.1 Å². The molecule has 0 unspecified atom stereocenters. The first-order valence-corrected chi connectivity index (χ1v) is 9.75. The third-order valence-corrected chi connectivity index (χ3v) is 4.63. The number of hydrogen-bond donors (Lipinski definition) is 1. The molecule has 0 bridgehead atoms. The van der Waals surface area contributed by atoms with Gasteiger partial charge in [-0.25, -0.2) is 14.1 Å². The summed E-state index contributed by atoms with van der Waals surface area (Å²) in [5, 5.41) is 7.40. The number of nitrogens with zero attached hydrogens (tertiary/aromatic N) is 3. The maximum Gasteiger partial charge on any atom is 0.220 e. The van der Waals surface area contributed by atoms with Crippen molar-refractivity contribution in [3.05, 3.63) is 90.5 Å². The maximum atomic E-state index is 13.8. The standard InChI is InChI=1S/C23H21FN4O2/c24-20-9-5-4-8-19(20)21-16-26-23(30-21)11-10-22(29)25-14-12-17-13-15-28(27-17)18-6-2-1-3-7-18/h1-9,13,15-16H,10-12,14H2,(H,25,29). The van der Waals surface area contributed by atoms with Gasteiger partial charge in [0.25, 0.3) is 0 Å². The van der Waals surface area contributed by atoms with E-state index in [1.165, 1.54) is 12.3 Å². The van der Waals surface area contributed by atoms with Crippen molar-refractivity contribution in [1.82, 2.24) is 20.1 Å². The summed E-state index contributed by atoms with van der Waals surface area (Å²) < 4.78 is 21.2. The summed E-state index contributed by atoms with van der Waals surface area (Å²) in [6.07, 6.45) is 4.62. The quantitative estimate of drug-likeness (QED) is 0.483. The molecule has 0 spiro atoms. The molecule has 4 aromatic rings. The number of hydrogen-bond acceptors (Lipinski definition) is 4. The summed E-state index contributed by atoms with van der Waals surface area (Å²) in [6.45, 7) is 0.497. The highest BCUT2D eigenvalue weighted by atomic mass is 19.1. The second kappa shape index (κ2) is 9.17. The Morgan fingerprint density at radius 2 is 1.83 bits per heavy atom. The highest BCUT2D eigenvalue weighted by Crippen LogP contribution is 2.23. The normalized spacial score (nSPS) is 10.8. The summed E-state index contributed by atoms with van der Waals surface area (Å²) >= 11 is 0. The Morgan fingerprint density at radius 1 is 1.03 bits per heavy atom. The molecule has 0 saturated carbocycles. The Kier molecular flexibility index (Phi) is 5.98. The first kappa shape index (κ1) is 19.6. The van der Waals surface area contributed by atoms with Crippen molar-refractivity contribution in [3.63, 3.8) is 0 Å². The predicted molar refractivity (Wildman–Crippen MR) is 110 cm³/mol. The van der Waals surface area contributed by atoms with Gasteiger partial charge < -0.3 is 9.73 Å². The van der Waals surface area contributed by atoms with Crippen LogP contribution in [0.25, 0.3) is 17.0 Å². The minimum absolute atomic E-state index is 0.0943. The van der Waals surface area contributed by atoms with Gasteiger partial charge in [-0.15, -0.1) is 0 Å². The highest BCUT2D eigenvalue weighted by molar-refractivity contribution is 5.76. The van der Waals surface area contributed by atoms with E-state index in [0.717, 1.165) is 11.4 Å². The largest absolute Gasteiger partial charge is 0.441 e. The minimum Gasteiger partial charge on any atom is -0.441 e. The van der Waals surface area contributed by atoms with E-state index in [-0.39, 0.29) is 18.1 Å². The molecule has 7 heteroatoms. The first-order valence-electron chi connectivity index (χ1n) is 9.75. The van der Waals surface area contributed by atoms with E-state index in [1.807, 2.05) is 47.3 Å². The molecule has 1 N–H and O–H groups in total. The monoisotopic (exact) mass is 404 g/mol. The average Bonchev–Trinajstić information content (AvgIpc) is 3.43. The second-order valence-electron chi connectivity index (χ2n) is 6.79. The first-order chi connectivity index (χ1) is 14.7. The molecule has 0 aliphatic heterocycles. The Hall–Kier alpha value is -3.74. The molecule has 1 amide bonds. The van der Waals surface area contributed by atoms with Crippen molar-refractivity contribution < 1.29 is 13.6 Å². The van der Waals surface area contributed by atoms with Crippen LogP contribution < -0.4 is 5.32 Å². The second-order valence-corrected chi connectivity index (χ2v) is 6.79. The van der Waals surface area contributed by atoms with E-state index in [4.69, 9.17) is 4.42 Å². The summed E-state index contributed by atoms with van der Waals surface area (Å²) in [5.74, 6) is 0.304. The van der Waals surface area contributed by atoms with Crippen molar-refractivity contribution in [2.45, 2.75) is 19.3 Å². The van der Waals surface area contributed by atoms with E-state index in [0.29, 0.717) is 36.6 Å². The molecule has 2 heterocycles. The lowest BCUT2D eigenvalue weighted by molar-refractivity contribution is -0.121. The zero-order valence-corrected chi connectivity index (χ0v) is 16.3. The molecule has 0 aliphatic carbocycles. The number of rotatable bonds is 8. The zero-order valence-electron chi connectivity index (χ0n) is 16.3. The molecule has 0 fully saturated rings. The van der Waals surface area contributed by atoms with Gasteiger partial charge in [0, 0.05) is 32.0 Å². The van der Waals surface area contributed by atoms with Crippen LogP contribution in [0.15, 0.2) is 77.5 Å². The number of amides is 1. The number of halogens is 1. The molecular weight excluding hydrogens is 383 g/mol. The highest BCUT2D eigenvalue weighted by Gasteiger charge is 2.12. The Labute approximate surface area is 173 Å². The van der Waals surface area contributed by atoms with E-state index in [2.05, 4.69) is 15.4 Å². The lowest BCUT2D eigenvalue weighted by atomic mass is 10.2. The number of aromatic nitrogens is 3. The SMILES string of the molecule is O=C(CCc1ncc(-c2ccccc2F)o1)NCCc1ccn(-c2ccccc2)n1. The average molecular weight is 404 g/mol. The molecule has 4 rings (SSSR count). The number of benzene rings is 2. The third kappa shape index (κ3) is 4.81. The fourth-order valence-electron chi connectivity index (χ4n) is 3.07. The number of carbonyl (C=O) groups is 1. The number of oxazole rings is 1. The van der Waals surface area contributed by atoms with Crippen LogP contribution in [0.1, 0.15) is 18.0 Å². The molecule has 0 aliphatic rings. The van der Waals surface area contributed by atoms with E-state index >= 15 is 0 Å². The molecular formula is C23H21FN4O2. The molecule has 152 valence electrons. The van der Waals surface area contributed by atoms with E-state index in [1.54, 1.807) is 18.2 Å². The van der Waals surface area contributed by atoms with Crippen molar-refractivity contribution in [2.24, 2.45) is 0 Å². The van der Waals surface area contributed by atoms with Crippen molar-refractivity contribution in [2.75, 3.05) is 6.54 Å². The smallest absolute Gasteiger partial charge is 0.220 e. The fraction of sp³-hybridized carbons (Fsp3) is 0.174. The van der Waals surface area contributed by atoms with Gasteiger partial charge in [-0.05, 0) is 30.3 Å². The summed E-state index contributed by atoms with van der Waals surface area (Å²) in [6, 6.07) is 18.1. The van der Waals surface area contributed by atoms with Gasteiger partial charge in [0.2, 0.25) is 5.91 Å². The molecule has 30 heavy (non-hydrogen) atoms. The van der Waals surface area contributed by atoms with Gasteiger partial charge in [0.1, 0.15) is 5.82 Å². The van der Waals surface area contributed by atoms with Crippen molar-refractivity contribution in [1.29, 1.82) is 0 Å². The van der Waals surface area contributed by atoms with Crippen LogP contribution in [0.3, 0.4) is 0 Å². The molecule has 2 aromatic carbocycles. The molecule has 6 nitrogen and oxygen atoms in total. The van der Waals surface area contributed by atoms with Gasteiger partial charge in [-0.3, -0.25) is 4.79 Å². The zero-order chi connectivity index (χ0) is 20.8. The number of carbonyl (C=O) groups excluding carboxylic acids is 1. The van der Waals surface area contributed by atoms with Crippen LogP contribution in [0.5, 0.6) is 0 Å².